The van der Waals surface area contributed by atoms with Gasteiger partial charge < -0.3 is 28.5 Å². The van der Waals surface area contributed by atoms with Crippen molar-refractivity contribution >= 4 is 12.0 Å². The Hall–Kier alpha value is -2.68. The molecule has 8 heteroatoms. The highest BCUT2D eigenvalue weighted by Gasteiger charge is 2.69. The molecule has 0 aliphatic carbocycles. The number of carbonyl (C=O) groups is 1. The first-order valence-corrected chi connectivity index (χ1v) is 11.0. The van der Waals surface area contributed by atoms with Crippen LogP contribution in [0.25, 0.3) is 6.08 Å². The van der Waals surface area contributed by atoms with Crippen LogP contribution in [0.3, 0.4) is 0 Å². The van der Waals surface area contributed by atoms with Crippen LogP contribution < -0.4 is 10.4 Å². The van der Waals surface area contributed by atoms with Crippen molar-refractivity contribution in [2.24, 2.45) is 0 Å². The normalized spacial score (nSPS) is 33.9. The standard InChI is InChI=1S/C25H32O8/c1-7-20-24(4)23(30-16(3)26)25(5,33-20)22(28)18(32-24)13-11-9-8-10-12-17-15(2)19(29-6)14-21(27)31-17/h8-14,18,20,22-23,28H,7H2,1-6H3. The van der Waals surface area contributed by atoms with Crippen LogP contribution in [0.5, 0.6) is 5.75 Å². The molecule has 1 aromatic rings. The Morgan fingerprint density at radius 3 is 2.52 bits per heavy atom. The molecule has 2 aliphatic heterocycles. The molecule has 0 aromatic carbocycles. The molecule has 0 saturated carbocycles. The first-order valence-electron chi connectivity index (χ1n) is 11.0. The van der Waals surface area contributed by atoms with Crippen LogP contribution in [0.1, 0.15) is 45.4 Å². The maximum atomic E-state index is 11.7. The Kier molecular flexibility index (Phi) is 7.31. The van der Waals surface area contributed by atoms with E-state index in [2.05, 4.69) is 0 Å². The third-order valence-corrected chi connectivity index (χ3v) is 6.32. The van der Waals surface area contributed by atoms with Crippen molar-refractivity contribution in [1.82, 2.24) is 0 Å². The molecule has 180 valence electrons. The zero-order valence-corrected chi connectivity index (χ0v) is 19.9. The lowest BCUT2D eigenvalue weighted by Crippen LogP contribution is -2.65. The maximum absolute atomic E-state index is 11.7. The molecule has 2 bridgehead atoms. The fourth-order valence-electron chi connectivity index (χ4n) is 4.67. The number of ether oxygens (including phenoxy) is 4. The van der Waals surface area contributed by atoms with Gasteiger partial charge in [-0.05, 0) is 33.3 Å². The minimum absolute atomic E-state index is 0.320. The summed E-state index contributed by atoms with van der Waals surface area (Å²) in [4.78, 5) is 23.3. The fraction of sp³-hybridized carbons (Fsp3) is 0.520. The molecule has 0 amide bonds. The van der Waals surface area contributed by atoms with Crippen molar-refractivity contribution < 1.29 is 33.3 Å². The van der Waals surface area contributed by atoms with Crippen LogP contribution in [-0.2, 0) is 19.0 Å². The van der Waals surface area contributed by atoms with Gasteiger partial charge in [0.1, 0.15) is 34.9 Å². The van der Waals surface area contributed by atoms with Gasteiger partial charge in [-0.25, -0.2) is 4.79 Å². The lowest BCUT2D eigenvalue weighted by atomic mass is 9.77. The minimum atomic E-state index is -1.08. The molecule has 6 unspecified atom stereocenters. The lowest BCUT2D eigenvalue weighted by Gasteiger charge is -2.47. The minimum Gasteiger partial charge on any atom is -0.496 e. The molecule has 2 saturated heterocycles. The Labute approximate surface area is 193 Å². The van der Waals surface area contributed by atoms with Gasteiger partial charge in [-0.3, -0.25) is 4.79 Å². The number of esters is 1. The molecule has 2 fully saturated rings. The monoisotopic (exact) mass is 460 g/mol. The molecule has 3 heterocycles. The number of hydrogen-bond acceptors (Lipinski definition) is 8. The van der Waals surface area contributed by atoms with Gasteiger partial charge in [-0.2, -0.15) is 0 Å². The third-order valence-electron chi connectivity index (χ3n) is 6.32. The molecule has 0 spiro atoms. The molecule has 1 aromatic heterocycles. The van der Waals surface area contributed by atoms with Gasteiger partial charge in [0.15, 0.2) is 6.10 Å². The van der Waals surface area contributed by atoms with E-state index in [9.17, 15) is 14.7 Å². The molecular formula is C25H32O8. The highest BCUT2D eigenvalue weighted by molar-refractivity contribution is 5.66. The summed E-state index contributed by atoms with van der Waals surface area (Å²) in [6.07, 6.45) is 8.37. The van der Waals surface area contributed by atoms with Gasteiger partial charge in [-0.15, -0.1) is 0 Å². The average molecular weight is 461 g/mol. The molecule has 1 N–H and O–H groups in total. The molecule has 33 heavy (non-hydrogen) atoms. The second-order valence-corrected chi connectivity index (χ2v) is 8.65. The van der Waals surface area contributed by atoms with Crippen LogP contribution in [0, 0.1) is 6.92 Å². The smallest absolute Gasteiger partial charge is 0.339 e. The Bertz CT molecular complexity index is 1020. The zero-order valence-electron chi connectivity index (χ0n) is 19.9. The molecule has 3 rings (SSSR count). The van der Waals surface area contributed by atoms with Crippen molar-refractivity contribution in [2.75, 3.05) is 7.11 Å². The fourth-order valence-corrected chi connectivity index (χ4v) is 4.67. The van der Waals surface area contributed by atoms with E-state index in [1.807, 2.05) is 13.8 Å². The number of fused-ring (bicyclic) bond motifs is 2. The molecule has 6 atom stereocenters. The van der Waals surface area contributed by atoms with Crippen molar-refractivity contribution in [1.29, 1.82) is 0 Å². The van der Waals surface area contributed by atoms with E-state index in [1.165, 1.54) is 20.1 Å². The van der Waals surface area contributed by atoms with E-state index in [1.54, 1.807) is 50.3 Å². The predicted molar refractivity (Wildman–Crippen MR) is 122 cm³/mol. The van der Waals surface area contributed by atoms with E-state index < -0.39 is 41.1 Å². The number of carbonyl (C=O) groups excluding carboxylic acids is 1. The zero-order chi connectivity index (χ0) is 24.4. The van der Waals surface area contributed by atoms with Gasteiger partial charge in [0, 0.05) is 12.5 Å². The number of methoxy groups -OCH3 is 1. The summed E-state index contributed by atoms with van der Waals surface area (Å²) in [5, 5.41) is 11.0. The average Bonchev–Trinajstić information content (AvgIpc) is 2.93. The second-order valence-electron chi connectivity index (χ2n) is 8.65. The highest BCUT2D eigenvalue weighted by Crippen LogP contribution is 2.51. The van der Waals surface area contributed by atoms with E-state index in [-0.39, 0.29) is 6.10 Å². The van der Waals surface area contributed by atoms with E-state index in [0.29, 0.717) is 17.9 Å². The molecule has 8 nitrogen and oxygen atoms in total. The first kappa shape index (κ1) is 25.0. The Morgan fingerprint density at radius 1 is 1.18 bits per heavy atom. The van der Waals surface area contributed by atoms with Gasteiger partial charge in [0.25, 0.3) is 0 Å². The second kappa shape index (κ2) is 9.67. The van der Waals surface area contributed by atoms with E-state index in [4.69, 9.17) is 23.4 Å². The first-order chi connectivity index (χ1) is 15.6. The van der Waals surface area contributed by atoms with Crippen molar-refractivity contribution in [3.05, 3.63) is 58.2 Å². The van der Waals surface area contributed by atoms with Crippen molar-refractivity contribution in [3.63, 3.8) is 0 Å². The molecular weight excluding hydrogens is 428 g/mol. The molecule has 0 radical (unpaired) electrons. The predicted octanol–water partition coefficient (Wildman–Crippen LogP) is 3.10. The van der Waals surface area contributed by atoms with Gasteiger partial charge >= 0.3 is 11.6 Å². The van der Waals surface area contributed by atoms with Gasteiger partial charge in [0.2, 0.25) is 0 Å². The maximum Gasteiger partial charge on any atom is 0.339 e. The summed E-state index contributed by atoms with van der Waals surface area (Å²) in [7, 11) is 1.50. The largest absolute Gasteiger partial charge is 0.496 e. The number of allylic oxidation sites excluding steroid dienone is 4. The highest BCUT2D eigenvalue weighted by atomic mass is 16.7. The number of hydrogen-bond donors (Lipinski definition) is 1. The Balaban J connectivity index is 1.73. The third kappa shape index (κ3) is 4.69. The van der Waals surface area contributed by atoms with Gasteiger partial charge in [-0.1, -0.05) is 37.3 Å². The summed E-state index contributed by atoms with van der Waals surface area (Å²) in [5.41, 5.74) is -1.73. The Morgan fingerprint density at radius 2 is 1.88 bits per heavy atom. The summed E-state index contributed by atoms with van der Waals surface area (Å²) >= 11 is 0. The SMILES string of the molecule is CCC1OC2(C)C(O)C(C=CC=CC=Cc3oc(=O)cc(OC)c3C)OC1(C)C2OC(C)=O. The number of aliphatic hydroxyl groups is 1. The van der Waals surface area contributed by atoms with Crippen molar-refractivity contribution in [2.45, 2.75) is 76.7 Å². The van der Waals surface area contributed by atoms with E-state index in [0.717, 1.165) is 5.56 Å². The van der Waals surface area contributed by atoms with Crippen LogP contribution >= 0.6 is 0 Å². The lowest BCUT2D eigenvalue weighted by molar-refractivity contribution is -0.235. The van der Waals surface area contributed by atoms with Crippen LogP contribution in [0.4, 0.5) is 0 Å². The van der Waals surface area contributed by atoms with Crippen LogP contribution in [0.2, 0.25) is 0 Å². The van der Waals surface area contributed by atoms with E-state index >= 15 is 0 Å². The summed E-state index contributed by atoms with van der Waals surface area (Å²) in [5.74, 6) is 0.435. The van der Waals surface area contributed by atoms with Crippen molar-refractivity contribution in [3.8, 4) is 5.75 Å². The number of aliphatic hydroxyl groups excluding tert-OH is 1. The summed E-state index contributed by atoms with van der Waals surface area (Å²) in [6, 6.07) is 1.30. The topological polar surface area (TPSA) is 104 Å². The quantitative estimate of drug-likeness (QED) is 0.489. The molecule has 2 aliphatic rings. The van der Waals surface area contributed by atoms with Crippen LogP contribution in [-0.4, -0.2) is 53.8 Å². The van der Waals surface area contributed by atoms with Crippen LogP contribution in [0.15, 0.2) is 45.7 Å². The summed E-state index contributed by atoms with van der Waals surface area (Å²) < 4.78 is 28.3. The van der Waals surface area contributed by atoms with Gasteiger partial charge in [0.05, 0.1) is 19.3 Å². The summed E-state index contributed by atoms with van der Waals surface area (Å²) in [6.45, 7) is 8.71. The number of rotatable bonds is 7.